The van der Waals surface area contributed by atoms with Gasteiger partial charge in [-0.2, -0.15) is 0 Å². The van der Waals surface area contributed by atoms with Crippen LogP contribution in [0, 0.1) is 0 Å². The lowest BCUT2D eigenvalue weighted by Gasteiger charge is -2.34. The molecule has 0 aliphatic carbocycles. The number of rotatable bonds is 6. The minimum Gasteiger partial charge on any atom is -0.459 e. The molecule has 1 fully saturated rings. The van der Waals surface area contributed by atoms with Crippen LogP contribution in [0.25, 0.3) is 0 Å². The number of hydrogen-bond donors (Lipinski definition) is 0. The average Bonchev–Trinajstić information content (AvgIpc) is 3.42. The smallest absolute Gasteiger partial charge is 0.338 e. The largest absolute Gasteiger partial charge is 0.459 e. The van der Waals surface area contributed by atoms with Crippen molar-refractivity contribution in [2.75, 3.05) is 32.8 Å². The Kier molecular flexibility index (Phi) is 6.64. The Morgan fingerprint density at radius 3 is 1.97 bits per heavy atom. The minimum absolute atomic E-state index is 0.143. The first kappa shape index (κ1) is 22.0. The van der Waals surface area contributed by atoms with Crippen molar-refractivity contribution >= 4 is 23.6 Å². The van der Waals surface area contributed by atoms with Crippen molar-refractivity contribution < 1.29 is 28.3 Å². The van der Waals surface area contributed by atoms with Gasteiger partial charge in [0.2, 0.25) is 0 Å². The van der Waals surface area contributed by atoms with Crippen molar-refractivity contribution in [3.8, 4) is 0 Å². The van der Waals surface area contributed by atoms with Gasteiger partial charge in [-0.05, 0) is 24.3 Å². The van der Waals surface area contributed by atoms with E-state index in [1.807, 2.05) is 6.07 Å². The summed E-state index contributed by atoms with van der Waals surface area (Å²) in [6.07, 6.45) is 1.44. The molecule has 8 nitrogen and oxygen atoms in total. The molecule has 0 N–H and O–H groups in total. The predicted octanol–water partition coefficient (Wildman–Crippen LogP) is 2.65. The van der Waals surface area contributed by atoms with Crippen LogP contribution in [0.2, 0.25) is 0 Å². The van der Waals surface area contributed by atoms with E-state index in [2.05, 4.69) is 0 Å². The second-order valence-corrected chi connectivity index (χ2v) is 7.50. The van der Waals surface area contributed by atoms with Gasteiger partial charge < -0.3 is 19.0 Å². The number of carbonyl (C=O) groups is 4. The molecule has 0 saturated carbocycles. The Morgan fingerprint density at radius 2 is 1.33 bits per heavy atom. The van der Waals surface area contributed by atoms with Gasteiger partial charge in [-0.25, -0.2) is 4.79 Å². The third kappa shape index (κ3) is 5.17. The van der Waals surface area contributed by atoms with Crippen LogP contribution in [0.15, 0.2) is 77.4 Å². The van der Waals surface area contributed by atoms with Crippen molar-refractivity contribution in [2.24, 2.45) is 0 Å². The zero-order chi connectivity index (χ0) is 23.2. The molecule has 0 radical (unpaired) electrons. The van der Waals surface area contributed by atoms with E-state index in [4.69, 9.17) is 9.15 Å². The molecule has 1 aliphatic heterocycles. The van der Waals surface area contributed by atoms with Crippen LogP contribution in [0.3, 0.4) is 0 Å². The van der Waals surface area contributed by atoms with E-state index in [-0.39, 0.29) is 28.9 Å². The highest BCUT2D eigenvalue weighted by Gasteiger charge is 2.26. The van der Waals surface area contributed by atoms with Gasteiger partial charge in [-0.15, -0.1) is 0 Å². The first-order valence-electron chi connectivity index (χ1n) is 10.5. The molecule has 3 aromatic rings. The lowest BCUT2D eigenvalue weighted by molar-refractivity contribution is -0.136. The van der Waals surface area contributed by atoms with Crippen LogP contribution in [-0.2, 0) is 9.53 Å². The summed E-state index contributed by atoms with van der Waals surface area (Å²) in [6, 6.07) is 18.2. The highest BCUT2D eigenvalue weighted by molar-refractivity contribution is 6.09. The number of carbonyl (C=O) groups excluding carboxylic acids is 4. The zero-order valence-electron chi connectivity index (χ0n) is 17.8. The van der Waals surface area contributed by atoms with E-state index in [1.165, 1.54) is 18.4 Å². The van der Waals surface area contributed by atoms with Crippen LogP contribution in [0.5, 0.6) is 0 Å². The van der Waals surface area contributed by atoms with E-state index in [9.17, 15) is 19.2 Å². The maximum atomic E-state index is 12.5. The third-order valence-corrected chi connectivity index (χ3v) is 5.40. The van der Waals surface area contributed by atoms with Crippen molar-refractivity contribution in [1.29, 1.82) is 0 Å². The van der Waals surface area contributed by atoms with E-state index in [0.717, 1.165) is 0 Å². The molecule has 0 spiro atoms. The molecule has 4 rings (SSSR count). The minimum atomic E-state index is -0.645. The maximum absolute atomic E-state index is 12.5. The predicted molar refractivity (Wildman–Crippen MR) is 118 cm³/mol. The molecule has 0 bridgehead atoms. The number of benzene rings is 2. The van der Waals surface area contributed by atoms with E-state index in [0.29, 0.717) is 37.3 Å². The number of amides is 2. The summed E-state index contributed by atoms with van der Waals surface area (Å²) < 4.78 is 10.3. The van der Waals surface area contributed by atoms with Gasteiger partial charge in [-0.1, -0.05) is 42.5 Å². The third-order valence-electron chi connectivity index (χ3n) is 5.40. The molecule has 0 atom stereocenters. The molecule has 1 aliphatic rings. The molecule has 8 heteroatoms. The number of furan rings is 1. The first-order valence-corrected chi connectivity index (χ1v) is 10.5. The number of ether oxygens (including phenoxy) is 1. The topological polar surface area (TPSA) is 97.1 Å². The molecule has 168 valence electrons. The Labute approximate surface area is 190 Å². The molecule has 0 unspecified atom stereocenters. The van der Waals surface area contributed by atoms with Gasteiger partial charge >= 0.3 is 5.97 Å². The molecule has 2 heterocycles. The summed E-state index contributed by atoms with van der Waals surface area (Å²) in [4.78, 5) is 52.7. The number of nitrogens with zero attached hydrogens (tertiary/aromatic N) is 2. The summed E-state index contributed by atoms with van der Waals surface area (Å²) in [5.74, 6) is -1.07. The second-order valence-electron chi connectivity index (χ2n) is 7.50. The van der Waals surface area contributed by atoms with E-state index < -0.39 is 12.6 Å². The first-order chi connectivity index (χ1) is 16.0. The maximum Gasteiger partial charge on any atom is 0.338 e. The highest BCUT2D eigenvalue weighted by Crippen LogP contribution is 2.13. The van der Waals surface area contributed by atoms with Gasteiger partial charge in [0.15, 0.2) is 18.2 Å². The molecule has 2 aromatic carbocycles. The SMILES string of the molecule is O=C(OCC(=O)N1CCN(C(=O)c2ccco2)CC1)c1ccc(C(=O)c2ccccc2)cc1. The van der Waals surface area contributed by atoms with Gasteiger partial charge in [0.25, 0.3) is 11.8 Å². The van der Waals surface area contributed by atoms with Crippen molar-refractivity contribution in [3.05, 3.63) is 95.4 Å². The lowest BCUT2D eigenvalue weighted by atomic mass is 10.0. The zero-order valence-corrected chi connectivity index (χ0v) is 17.8. The monoisotopic (exact) mass is 446 g/mol. The van der Waals surface area contributed by atoms with Crippen molar-refractivity contribution in [2.45, 2.75) is 0 Å². The van der Waals surface area contributed by atoms with Crippen molar-refractivity contribution in [3.63, 3.8) is 0 Å². The standard InChI is InChI=1S/C25H22N2O6/c28-22(26-12-14-27(15-13-26)24(30)21-7-4-16-32-21)17-33-25(31)20-10-8-19(9-11-20)23(29)18-5-2-1-3-6-18/h1-11,16H,12-15,17H2. The molecular weight excluding hydrogens is 424 g/mol. The fourth-order valence-electron chi connectivity index (χ4n) is 3.53. The number of piperazine rings is 1. The number of ketones is 1. The molecule has 1 saturated heterocycles. The lowest BCUT2D eigenvalue weighted by Crippen LogP contribution is -2.51. The molecule has 33 heavy (non-hydrogen) atoms. The highest BCUT2D eigenvalue weighted by atomic mass is 16.5. The summed E-state index contributed by atoms with van der Waals surface area (Å²) in [7, 11) is 0. The summed E-state index contributed by atoms with van der Waals surface area (Å²) >= 11 is 0. The van der Waals surface area contributed by atoms with Gasteiger partial charge in [0.1, 0.15) is 0 Å². The quantitative estimate of drug-likeness (QED) is 0.427. The van der Waals surface area contributed by atoms with Crippen LogP contribution in [-0.4, -0.2) is 66.2 Å². The van der Waals surface area contributed by atoms with Crippen LogP contribution < -0.4 is 0 Å². The Bertz CT molecular complexity index is 1130. The Morgan fingerprint density at radius 1 is 0.727 bits per heavy atom. The molecule has 1 aromatic heterocycles. The van der Waals surface area contributed by atoms with Gasteiger partial charge in [-0.3, -0.25) is 14.4 Å². The molecular formula is C25H22N2O6. The Balaban J connectivity index is 1.25. The molecule has 2 amide bonds. The summed E-state index contributed by atoms with van der Waals surface area (Å²) in [5, 5.41) is 0. The van der Waals surface area contributed by atoms with Gasteiger partial charge in [0, 0.05) is 37.3 Å². The van der Waals surface area contributed by atoms with Gasteiger partial charge in [0.05, 0.1) is 11.8 Å². The fourth-order valence-corrected chi connectivity index (χ4v) is 3.53. The second kappa shape index (κ2) is 9.95. The number of esters is 1. The number of hydrogen-bond acceptors (Lipinski definition) is 6. The van der Waals surface area contributed by atoms with Crippen LogP contribution in [0.1, 0.15) is 36.8 Å². The summed E-state index contributed by atoms with van der Waals surface area (Å²) in [6.45, 7) is 1.04. The van der Waals surface area contributed by atoms with E-state index in [1.54, 1.807) is 58.3 Å². The van der Waals surface area contributed by atoms with Crippen molar-refractivity contribution in [1.82, 2.24) is 9.80 Å². The van der Waals surface area contributed by atoms with E-state index >= 15 is 0 Å². The Hall–Kier alpha value is -4.20. The average molecular weight is 446 g/mol. The van der Waals surface area contributed by atoms with Crippen LogP contribution in [0.4, 0.5) is 0 Å². The van der Waals surface area contributed by atoms with Crippen LogP contribution >= 0.6 is 0 Å². The normalized spacial score (nSPS) is 13.5. The fraction of sp³-hybridized carbons (Fsp3) is 0.200. The summed E-state index contributed by atoms with van der Waals surface area (Å²) in [5.41, 5.74) is 1.27.